The van der Waals surface area contributed by atoms with E-state index in [4.69, 9.17) is 9.47 Å². The monoisotopic (exact) mass is 611 g/mol. The van der Waals surface area contributed by atoms with Gasteiger partial charge in [-0.15, -0.1) is 0 Å². The van der Waals surface area contributed by atoms with E-state index in [1.165, 1.54) is 4.90 Å². The smallest absolute Gasteiger partial charge is 0.345 e. The maximum absolute atomic E-state index is 13.8. The van der Waals surface area contributed by atoms with Crippen LogP contribution in [-0.4, -0.2) is 60.4 Å². The summed E-state index contributed by atoms with van der Waals surface area (Å²) in [4.78, 5) is 25.8. The highest BCUT2D eigenvalue weighted by molar-refractivity contribution is 5.89. The predicted octanol–water partition coefficient (Wildman–Crippen LogP) is 5.61. The van der Waals surface area contributed by atoms with Crippen LogP contribution in [0.4, 0.5) is 23.7 Å². The van der Waals surface area contributed by atoms with Crippen molar-refractivity contribution in [3.05, 3.63) is 89.2 Å². The van der Waals surface area contributed by atoms with E-state index in [9.17, 15) is 27.9 Å². The van der Waals surface area contributed by atoms with Crippen molar-refractivity contribution in [1.29, 1.82) is 0 Å². The molecule has 0 bridgehead atoms. The van der Waals surface area contributed by atoms with Crippen molar-refractivity contribution >= 4 is 17.7 Å². The second kappa shape index (κ2) is 12.8. The summed E-state index contributed by atoms with van der Waals surface area (Å²) in [6.45, 7) is 8.29. The maximum Gasteiger partial charge on any atom is 0.345 e. The van der Waals surface area contributed by atoms with E-state index in [-0.39, 0.29) is 29.7 Å². The number of likely N-dealkylation sites (tertiary alicyclic amines) is 1. The first kappa shape index (κ1) is 31.2. The van der Waals surface area contributed by atoms with Gasteiger partial charge in [-0.1, -0.05) is 45.0 Å². The molecular formula is C33H36F3N3O5. The van der Waals surface area contributed by atoms with Crippen molar-refractivity contribution < 1.29 is 37.3 Å². The fourth-order valence-electron chi connectivity index (χ4n) is 5.52. The zero-order valence-electron chi connectivity index (χ0n) is 24.8. The van der Waals surface area contributed by atoms with Gasteiger partial charge in [-0.25, -0.2) is 22.8 Å². The van der Waals surface area contributed by atoms with Gasteiger partial charge in [0.15, 0.2) is 17.7 Å². The minimum Gasteiger partial charge on any atom is -0.492 e. The molecule has 1 aliphatic carbocycles. The van der Waals surface area contributed by atoms with Crippen LogP contribution < -0.4 is 20.1 Å². The van der Waals surface area contributed by atoms with Crippen LogP contribution in [0.5, 0.6) is 11.5 Å². The lowest BCUT2D eigenvalue weighted by Crippen LogP contribution is -2.39. The quantitative estimate of drug-likeness (QED) is 0.193. The number of carboxylic acids is 1. The van der Waals surface area contributed by atoms with E-state index < -0.39 is 41.2 Å². The summed E-state index contributed by atoms with van der Waals surface area (Å²) in [5, 5.41) is 15.4. The average molecular weight is 612 g/mol. The lowest BCUT2D eigenvalue weighted by molar-refractivity contribution is -0.145. The van der Waals surface area contributed by atoms with Gasteiger partial charge in [-0.05, 0) is 52.6 Å². The van der Waals surface area contributed by atoms with Gasteiger partial charge in [-0.3, -0.25) is 0 Å². The molecule has 2 amide bonds. The highest BCUT2D eigenvalue weighted by Gasteiger charge is 2.56. The summed E-state index contributed by atoms with van der Waals surface area (Å²) in [7, 11) is 0. The number of aliphatic carboxylic acids is 1. The van der Waals surface area contributed by atoms with Crippen LogP contribution in [-0.2, 0) is 16.6 Å². The van der Waals surface area contributed by atoms with Crippen LogP contribution in [0.1, 0.15) is 31.9 Å². The standard InChI is InChI=1S/C33H36F3N3O5/c1-33(2,3)20-6-10-22(11-7-20)44-29(31(40)41)14-19-4-8-21(9-5-19)43-13-12-37-30-23-17-39(18-24(23)30)32(42)38-28-16-26(35)25(34)15-27(28)36/h4-11,15-16,23-24,29-30,37H,12-14,17-18H2,1-3H3,(H,38,42)(H,40,41)/t23-,24?,29-,30?/m0/s1. The molecule has 1 heterocycles. The number of hydrogen-bond acceptors (Lipinski definition) is 5. The lowest BCUT2D eigenvalue weighted by Gasteiger charge is -2.21. The number of carbonyl (C=O) groups is 2. The van der Waals surface area contributed by atoms with Crippen LogP contribution in [0.25, 0.3) is 0 Å². The second-order valence-electron chi connectivity index (χ2n) is 12.3. The molecule has 5 rings (SSSR count). The summed E-state index contributed by atoms with van der Waals surface area (Å²) in [5.74, 6) is -2.94. The first-order valence-electron chi connectivity index (χ1n) is 14.5. The number of halogens is 3. The summed E-state index contributed by atoms with van der Waals surface area (Å²) in [6, 6.07) is 15.4. The van der Waals surface area contributed by atoms with E-state index in [1.807, 2.05) is 24.3 Å². The Bertz CT molecular complexity index is 1480. The number of carboxylic acid groups (broad SMARTS) is 1. The van der Waals surface area contributed by atoms with Crippen molar-refractivity contribution in [3.8, 4) is 11.5 Å². The lowest BCUT2D eigenvalue weighted by atomic mass is 9.87. The molecule has 3 aromatic rings. The van der Waals surface area contributed by atoms with Crippen LogP contribution in [0, 0.1) is 29.3 Å². The van der Waals surface area contributed by atoms with Crippen LogP contribution in [0.3, 0.4) is 0 Å². The summed E-state index contributed by atoms with van der Waals surface area (Å²) in [6.07, 6.45) is -0.827. The maximum atomic E-state index is 13.8. The van der Waals surface area contributed by atoms with Gasteiger partial charge in [-0.2, -0.15) is 0 Å². The molecule has 11 heteroatoms. The number of urea groups is 1. The molecule has 1 saturated carbocycles. The third-order valence-corrected chi connectivity index (χ3v) is 8.10. The van der Waals surface area contributed by atoms with Crippen LogP contribution in [0.2, 0.25) is 0 Å². The molecule has 3 N–H and O–H groups in total. The summed E-state index contributed by atoms with van der Waals surface area (Å²) < 4.78 is 52.0. The topological polar surface area (TPSA) is 100 Å². The van der Waals surface area contributed by atoms with Gasteiger partial charge in [0, 0.05) is 44.2 Å². The fraction of sp³-hybridized carbons (Fsp3) is 0.394. The van der Waals surface area contributed by atoms with Crippen LogP contribution >= 0.6 is 0 Å². The van der Waals surface area contributed by atoms with Gasteiger partial charge in [0.2, 0.25) is 0 Å². The Labute approximate surface area is 254 Å². The Morgan fingerprint density at radius 1 is 0.932 bits per heavy atom. The van der Waals surface area contributed by atoms with Gasteiger partial charge in [0.1, 0.15) is 23.9 Å². The number of carbonyl (C=O) groups excluding carboxylic acids is 1. The van der Waals surface area contributed by atoms with Crippen molar-refractivity contribution in [2.45, 2.75) is 44.8 Å². The molecule has 44 heavy (non-hydrogen) atoms. The average Bonchev–Trinajstić information content (AvgIpc) is 3.41. The van der Waals surface area contributed by atoms with Crippen LogP contribution in [0.15, 0.2) is 60.7 Å². The minimum atomic E-state index is -1.31. The number of nitrogens with zero attached hydrogens (tertiary/aromatic N) is 1. The first-order valence-corrected chi connectivity index (χ1v) is 14.5. The highest BCUT2D eigenvalue weighted by Crippen LogP contribution is 2.45. The van der Waals surface area contributed by atoms with Gasteiger partial charge >= 0.3 is 12.0 Å². The second-order valence-corrected chi connectivity index (χ2v) is 12.3. The molecule has 1 saturated heterocycles. The largest absolute Gasteiger partial charge is 0.492 e. The fourth-order valence-corrected chi connectivity index (χ4v) is 5.52. The molecule has 234 valence electrons. The third-order valence-electron chi connectivity index (χ3n) is 8.10. The van der Waals surface area contributed by atoms with E-state index in [2.05, 4.69) is 31.4 Å². The van der Waals surface area contributed by atoms with Crippen molar-refractivity contribution in [2.24, 2.45) is 11.8 Å². The van der Waals surface area contributed by atoms with E-state index in [0.29, 0.717) is 49.9 Å². The van der Waals surface area contributed by atoms with Gasteiger partial charge < -0.3 is 30.1 Å². The zero-order chi connectivity index (χ0) is 31.6. The normalized spacial score (nSPS) is 19.7. The number of rotatable bonds is 11. The number of hydrogen-bond donors (Lipinski definition) is 3. The number of benzene rings is 3. The number of fused-ring (bicyclic) bond motifs is 1. The number of nitrogens with one attached hydrogen (secondary N) is 2. The molecule has 1 aliphatic heterocycles. The summed E-state index contributed by atoms with van der Waals surface area (Å²) >= 11 is 0. The molecular weight excluding hydrogens is 575 g/mol. The van der Waals surface area contributed by atoms with Gasteiger partial charge in [0.25, 0.3) is 0 Å². The molecule has 0 aromatic heterocycles. The van der Waals surface area contributed by atoms with E-state index >= 15 is 0 Å². The molecule has 2 unspecified atom stereocenters. The molecule has 2 aliphatic rings. The molecule has 4 atom stereocenters. The number of piperidine rings is 1. The van der Waals surface area contributed by atoms with Crippen molar-refractivity contribution in [2.75, 3.05) is 31.6 Å². The SMILES string of the molecule is CC(C)(C)c1ccc(O[C@@H](Cc2ccc(OCCNC3C4CN(C(=O)Nc5cc(F)c(F)cc5F)C[C@@H]43)cc2)C(=O)O)cc1. The Kier molecular flexibility index (Phi) is 9.05. The Hall–Kier alpha value is -4.25. The molecule has 0 spiro atoms. The third kappa shape index (κ3) is 7.45. The van der Waals surface area contributed by atoms with Crippen molar-refractivity contribution in [3.63, 3.8) is 0 Å². The first-order chi connectivity index (χ1) is 20.9. The van der Waals surface area contributed by atoms with E-state index in [1.54, 1.807) is 24.3 Å². The Morgan fingerprint density at radius 3 is 2.16 bits per heavy atom. The predicted molar refractivity (Wildman–Crippen MR) is 159 cm³/mol. The minimum absolute atomic E-state index is 0.00883. The Morgan fingerprint density at radius 2 is 1.55 bits per heavy atom. The number of anilines is 1. The Balaban J connectivity index is 1.01. The zero-order valence-corrected chi connectivity index (χ0v) is 24.8. The summed E-state index contributed by atoms with van der Waals surface area (Å²) in [5.41, 5.74) is 1.54. The number of ether oxygens (including phenoxy) is 2. The van der Waals surface area contributed by atoms with E-state index in [0.717, 1.165) is 11.1 Å². The number of amides is 2. The molecule has 0 radical (unpaired) electrons. The molecule has 2 fully saturated rings. The van der Waals surface area contributed by atoms with Crippen molar-refractivity contribution in [1.82, 2.24) is 10.2 Å². The van der Waals surface area contributed by atoms with Gasteiger partial charge in [0.05, 0.1) is 5.69 Å². The molecule has 3 aromatic carbocycles. The molecule has 8 nitrogen and oxygen atoms in total. The highest BCUT2D eigenvalue weighted by atomic mass is 19.2.